The average molecular weight is 520 g/mol. The molecule has 38 heavy (non-hydrogen) atoms. The van der Waals surface area contributed by atoms with Gasteiger partial charge in [0.25, 0.3) is 0 Å². The highest BCUT2D eigenvalue weighted by molar-refractivity contribution is 6.19. The van der Waals surface area contributed by atoms with Crippen LogP contribution >= 0.6 is 0 Å². The first-order valence-corrected chi connectivity index (χ1v) is 14.2. The maximum atomic E-state index is 14.1. The maximum absolute atomic E-state index is 14.1. The number of hydrogen-bond donors (Lipinski definition) is 1. The van der Waals surface area contributed by atoms with E-state index in [2.05, 4.69) is 16.3 Å². The number of urea groups is 1. The molecule has 204 valence electrons. The van der Waals surface area contributed by atoms with Crippen LogP contribution in [0.25, 0.3) is 0 Å². The number of nitriles is 1. The minimum atomic E-state index is -0.590. The molecule has 1 saturated carbocycles. The van der Waals surface area contributed by atoms with Crippen molar-refractivity contribution in [1.29, 1.82) is 5.26 Å². The van der Waals surface area contributed by atoms with Crippen molar-refractivity contribution >= 4 is 17.6 Å². The summed E-state index contributed by atoms with van der Waals surface area (Å²) in [4.78, 5) is 22.4. The first kappa shape index (κ1) is 29.3. The predicted octanol–water partition coefficient (Wildman–Crippen LogP) is 7.05. The molecule has 1 spiro atoms. The molecule has 0 bridgehead atoms. The predicted molar refractivity (Wildman–Crippen MR) is 153 cm³/mol. The summed E-state index contributed by atoms with van der Waals surface area (Å²) in [7, 11) is 0. The summed E-state index contributed by atoms with van der Waals surface area (Å²) in [6, 6.07) is 16.2. The summed E-state index contributed by atoms with van der Waals surface area (Å²) in [5.41, 5.74) is 1.75. The van der Waals surface area contributed by atoms with Gasteiger partial charge in [-0.25, -0.2) is 9.18 Å². The zero-order valence-corrected chi connectivity index (χ0v) is 23.3. The third-order valence-corrected chi connectivity index (χ3v) is 7.40. The molecule has 5 rings (SSSR count). The molecule has 2 amide bonds. The second-order valence-electron chi connectivity index (χ2n) is 9.63. The number of carbonyl (C=O) groups is 1. The molecule has 2 saturated heterocycles. The van der Waals surface area contributed by atoms with E-state index in [4.69, 9.17) is 4.99 Å². The van der Waals surface area contributed by atoms with Crippen molar-refractivity contribution in [2.45, 2.75) is 90.8 Å². The van der Waals surface area contributed by atoms with E-state index >= 15 is 0 Å². The minimum absolute atomic E-state index is 0.227. The molecule has 2 aromatic carbocycles. The Morgan fingerprint density at radius 3 is 2.37 bits per heavy atom. The third kappa shape index (κ3) is 6.60. The Hall–Kier alpha value is -3.24. The molecule has 1 aliphatic carbocycles. The fourth-order valence-electron chi connectivity index (χ4n) is 5.64. The molecule has 7 heteroatoms. The summed E-state index contributed by atoms with van der Waals surface area (Å²) >= 11 is 0. The summed E-state index contributed by atoms with van der Waals surface area (Å²) in [6.45, 7) is 10.3. The Kier molecular flexibility index (Phi) is 10.8. The van der Waals surface area contributed by atoms with Gasteiger partial charge in [0.2, 0.25) is 0 Å². The molecular formula is C31H42FN5O. The SMILES string of the molecule is CC.CC.N#Cc1cccc(CN2CCC3(CC2)C(=NC2CCCCC2)NC(=O)N3c2cccc(F)c2)c1. The topological polar surface area (TPSA) is 71.7 Å². The number of benzene rings is 2. The van der Waals surface area contributed by atoms with Gasteiger partial charge in [0.1, 0.15) is 17.2 Å². The van der Waals surface area contributed by atoms with Gasteiger partial charge in [-0.2, -0.15) is 5.26 Å². The second-order valence-corrected chi connectivity index (χ2v) is 9.63. The first-order chi connectivity index (χ1) is 18.6. The number of anilines is 1. The maximum Gasteiger partial charge on any atom is 0.328 e. The van der Waals surface area contributed by atoms with Crippen LogP contribution in [0.2, 0.25) is 0 Å². The highest BCUT2D eigenvalue weighted by atomic mass is 19.1. The Morgan fingerprint density at radius 2 is 1.71 bits per heavy atom. The fraction of sp³-hybridized carbons (Fsp3) is 0.516. The quantitative estimate of drug-likeness (QED) is 0.471. The van der Waals surface area contributed by atoms with Crippen LogP contribution in [0, 0.1) is 17.1 Å². The van der Waals surface area contributed by atoms with E-state index in [1.54, 1.807) is 17.0 Å². The van der Waals surface area contributed by atoms with Crippen LogP contribution in [0.4, 0.5) is 14.9 Å². The smallest absolute Gasteiger partial charge is 0.299 e. The van der Waals surface area contributed by atoms with Crippen molar-refractivity contribution in [1.82, 2.24) is 10.2 Å². The van der Waals surface area contributed by atoms with Crippen LogP contribution in [0.15, 0.2) is 53.5 Å². The van der Waals surface area contributed by atoms with Gasteiger partial charge in [-0.3, -0.25) is 20.1 Å². The molecule has 0 atom stereocenters. The Bertz CT molecular complexity index is 1130. The van der Waals surface area contributed by atoms with Gasteiger partial charge in [0.15, 0.2) is 0 Å². The molecule has 2 aromatic rings. The standard InChI is InChI=1S/C27H30FN5O.2C2H6/c28-22-8-5-11-24(17-22)33-26(34)31-25(30-23-9-2-1-3-10-23)27(33)12-14-32(15-13-27)19-21-7-4-6-20(16-21)18-29;2*1-2/h4-8,11,16-17,23H,1-3,9-10,12-15,19H2,(H,30,31,34);2*1-2H3. The van der Waals surface area contributed by atoms with Crippen molar-refractivity contribution in [3.63, 3.8) is 0 Å². The number of carbonyl (C=O) groups excluding carboxylic acids is 1. The number of halogens is 1. The molecule has 0 radical (unpaired) electrons. The number of nitrogens with zero attached hydrogens (tertiary/aromatic N) is 4. The molecule has 2 heterocycles. The highest BCUT2D eigenvalue weighted by Crippen LogP contribution is 2.39. The van der Waals surface area contributed by atoms with Crippen LogP contribution in [-0.2, 0) is 6.54 Å². The van der Waals surface area contributed by atoms with Crippen LogP contribution in [0.5, 0.6) is 0 Å². The third-order valence-electron chi connectivity index (χ3n) is 7.40. The Morgan fingerprint density at radius 1 is 1.03 bits per heavy atom. The van der Waals surface area contributed by atoms with Crippen molar-refractivity contribution in [3.8, 4) is 6.07 Å². The number of amidine groups is 1. The molecule has 0 aromatic heterocycles. The van der Waals surface area contributed by atoms with Gasteiger partial charge in [0, 0.05) is 25.3 Å². The lowest BCUT2D eigenvalue weighted by Crippen LogP contribution is -2.57. The number of piperidine rings is 1. The van der Waals surface area contributed by atoms with Crippen LogP contribution in [0.1, 0.15) is 83.8 Å². The number of rotatable bonds is 4. The van der Waals surface area contributed by atoms with Crippen molar-refractivity contribution in [3.05, 3.63) is 65.5 Å². The summed E-state index contributed by atoms with van der Waals surface area (Å²) in [5, 5.41) is 12.3. The Labute approximate surface area is 227 Å². The minimum Gasteiger partial charge on any atom is -0.299 e. The number of amides is 2. The lowest BCUT2D eigenvalue weighted by Gasteiger charge is -2.44. The van der Waals surface area contributed by atoms with E-state index in [0.29, 0.717) is 24.1 Å². The average Bonchev–Trinajstić information content (AvgIpc) is 3.22. The summed E-state index contributed by atoms with van der Waals surface area (Å²) in [5.74, 6) is 0.396. The van der Waals surface area contributed by atoms with E-state index in [-0.39, 0.29) is 17.9 Å². The number of nitrogens with one attached hydrogen (secondary N) is 1. The largest absolute Gasteiger partial charge is 0.328 e. The monoisotopic (exact) mass is 519 g/mol. The highest BCUT2D eigenvalue weighted by Gasteiger charge is 2.53. The lowest BCUT2D eigenvalue weighted by atomic mass is 9.84. The summed E-state index contributed by atoms with van der Waals surface area (Å²) in [6.07, 6.45) is 7.12. The van der Waals surface area contributed by atoms with Crippen LogP contribution in [-0.4, -0.2) is 41.4 Å². The number of hydrogen-bond acceptors (Lipinski definition) is 4. The van der Waals surface area contributed by atoms with Crippen LogP contribution < -0.4 is 10.2 Å². The van der Waals surface area contributed by atoms with Crippen LogP contribution in [0.3, 0.4) is 0 Å². The van der Waals surface area contributed by atoms with E-state index in [1.165, 1.54) is 31.4 Å². The van der Waals surface area contributed by atoms with Crippen molar-refractivity contribution < 1.29 is 9.18 Å². The van der Waals surface area contributed by atoms with Crippen molar-refractivity contribution in [2.24, 2.45) is 4.99 Å². The normalized spacial score (nSPS) is 20.2. The molecule has 6 nitrogen and oxygen atoms in total. The van der Waals surface area contributed by atoms with Crippen molar-refractivity contribution in [2.75, 3.05) is 18.0 Å². The van der Waals surface area contributed by atoms with E-state index < -0.39 is 5.54 Å². The zero-order valence-electron chi connectivity index (χ0n) is 23.3. The fourth-order valence-corrected chi connectivity index (χ4v) is 5.64. The number of aliphatic imine (C=N–C) groups is 1. The number of likely N-dealkylation sites (tertiary alicyclic amines) is 1. The van der Waals surface area contributed by atoms with E-state index in [0.717, 1.165) is 43.9 Å². The van der Waals surface area contributed by atoms with Gasteiger partial charge in [-0.15, -0.1) is 0 Å². The van der Waals surface area contributed by atoms with Gasteiger partial charge >= 0.3 is 6.03 Å². The van der Waals surface area contributed by atoms with E-state index in [9.17, 15) is 14.4 Å². The molecular weight excluding hydrogens is 477 g/mol. The molecule has 1 N–H and O–H groups in total. The van der Waals surface area contributed by atoms with Gasteiger partial charge in [-0.05, 0) is 61.6 Å². The van der Waals surface area contributed by atoms with E-state index in [1.807, 2.05) is 52.0 Å². The Balaban J connectivity index is 0.000000956. The molecule has 3 aliphatic rings. The zero-order chi connectivity index (χ0) is 27.5. The van der Waals surface area contributed by atoms with Gasteiger partial charge < -0.3 is 0 Å². The lowest BCUT2D eigenvalue weighted by molar-refractivity contribution is 0.184. The first-order valence-electron chi connectivity index (χ1n) is 14.2. The second kappa shape index (κ2) is 14.1. The molecule has 0 unspecified atom stereocenters. The molecule has 3 fully saturated rings. The summed E-state index contributed by atoms with van der Waals surface area (Å²) < 4.78 is 14.1. The van der Waals surface area contributed by atoms with Gasteiger partial charge in [0.05, 0.1) is 17.7 Å². The molecule has 2 aliphatic heterocycles. The van der Waals surface area contributed by atoms with Gasteiger partial charge in [-0.1, -0.05) is 65.2 Å².